The lowest BCUT2D eigenvalue weighted by atomic mass is 10.1. The van der Waals surface area contributed by atoms with Crippen LogP contribution in [0.4, 0.5) is 10.1 Å². The van der Waals surface area contributed by atoms with E-state index < -0.39 is 4.92 Å². The summed E-state index contributed by atoms with van der Waals surface area (Å²) >= 11 is 0. The maximum absolute atomic E-state index is 13.1. The molecule has 3 rings (SSSR count). The largest absolute Gasteiger partial charge is 0.325 e. The summed E-state index contributed by atoms with van der Waals surface area (Å²) in [4.78, 5) is 10.5. The SMILES string of the molecule is NCc1cc(-c2cccc([N+](=O)[O-])c2)n(-c2ccc(F)cc2)n1. The van der Waals surface area contributed by atoms with Gasteiger partial charge in [0.05, 0.1) is 22.0 Å². The zero-order valence-electron chi connectivity index (χ0n) is 12.0. The quantitative estimate of drug-likeness (QED) is 0.592. The molecule has 0 spiro atoms. The van der Waals surface area contributed by atoms with Gasteiger partial charge in [-0.1, -0.05) is 12.1 Å². The Morgan fingerprint density at radius 2 is 1.91 bits per heavy atom. The van der Waals surface area contributed by atoms with Crippen LogP contribution in [0.3, 0.4) is 0 Å². The van der Waals surface area contributed by atoms with E-state index in [0.29, 0.717) is 22.6 Å². The summed E-state index contributed by atoms with van der Waals surface area (Å²) in [5, 5.41) is 15.3. The lowest BCUT2D eigenvalue weighted by molar-refractivity contribution is -0.384. The van der Waals surface area contributed by atoms with Gasteiger partial charge in [-0.15, -0.1) is 0 Å². The smallest absolute Gasteiger partial charge is 0.270 e. The summed E-state index contributed by atoms with van der Waals surface area (Å²) < 4.78 is 14.7. The molecule has 0 amide bonds. The number of non-ortho nitro benzene ring substituents is 1. The monoisotopic (exact) mass is 312 g/mol. The first-order valence-corrected chi connectivity index (χ1v) is 6.88. The molecule has 1 aromatic heterocycles. The maximum Gasteiger partial charge on any atom is 0.270 e. The fraction of sp³-hybridized carbons (Fsp3) is 0.0625. The molecule has 116 valence electrons. The number of benzene rings is 2. The van der Waals surface area contributed by atoms with Crippen molar-refractivity contribution in [1.29, 1.82) is 0 Å². The van der Waals surface area contributed by atoms with Crippen LogP contribution in [0.1, 0.15) is 5.69 Å². The highest BCUT2D eigenvalue weighted by molar-refractivity contribution is 5.65. The molecule has 0 aliphatic rings. The van der Waals surface area contributed by atoms with E-state index in [9.17, 15) is 14.5 Å². The third-order valence-electron chi connectivity index (χ3n) is 3.39. The van der Waals surface area contributed by atoms with E-state index in [0.717, 1.165) is 0 Å². The minimum atomic E-state index is -0.452. The van der Waals surface area contributed by atoms with Gasteiger partial charge < -0.3 is 5.73 Å². The van der Waals surface area contributed by atoms with Gasteiger partial charge in [0.2, 0.25) is 0 Å². The van der Waals surface area contributed by atoms with Gasteiger partial charge in [0.15, 0.2) is 0 Å². The number of hydrogen-bond acceptors (Lipinski definition) is 4. The van der Waals surface area contributed by atoms with Gasteiger partial charge in [0.25, 0.3) is 5.69 Å². The number of halogens is 1. The molecule has 0 saturated heterocycles. The Kier molecular flexibility index (Phi) is 3.86. The predicted molar refractivity (Wildman–Crippen MR) is 83.5 cm³/mol. The summed E-state index contributed by atoms with van der Waals surface area (Å²) in [6, 6.07) is 13.9. The Morgan fingerprint density at radius 3 is 2.57 bits per heavy atom. The standard InChI is InChI=1S/C16H13FN4O2/c17-12-4-6-14(7-5-12)20-16(9-13(10-18)19-20)11-2-1-3-15(8-11)21(22)23/h1-9H,10,18H2. The molecule has 6 nitrogen and oxygen atoms in total. The van der Waals surface area contributed by atoms with Gasteiger partial charge in [-0.25, -0.2) is 9.07 Å². The Morgan fingerprint density at radius 1 is 1.17 bits per heavy atom. The van der Waals surface area contributed by atoms with E-state index in [1.807, 2.05) is 0 Å². The third-order valence-corrected chi connectivity index (χ3v) is 3.39. The van der Waals surface area contributed by atoms with Gasteiger partial charge in [0.1, 0.15) is 5.82 Å². The summed E-state index contributed by atoms with van der Waals surface area (Å²) in [7, 11) is 0. The predicted octanol–water partition coefficient (Wildman–Crippen LogP) is 3.05. The summed E-state index contributed by atoms with van der Waals surface area (Å²) in [5.41, 5.74) is 8.21. The van der Waals surface area contributed by atoms with Crippen LogP contribution in [0.25, 0.3) is 16.9 Å². The van der Waals surface area contributed by atoms with Crippen molar-refractivity contribution < 1.29 is 9.31 Å². The van der Waals surface area contributed by atoms with Crippen molar-refractivity contribution in [2.45, 2.75) is 6.54 Å². The van der Waals surface area contributed by atoms with E-state index in [2.05, 4.69) is 5.10 Å². The minimum absolute atomic E-state index is 0.0105. The van der Waals surface area contributed by atoms with Crippen molar-refractivity contribution in [2.75, 3.05) is 0 Å². The van der Waals surface area contributed by atoms with E-state index in [4.69, 9.17) is 5.73 Å². The highest BCUT2D eigenvalue weighted by Gasteiger charge is 2.14. The van der Waals surface area contributed by atoms with Crippen molar-refractivity contribution in [2.24, 2.45) is 5.73 Å². The van der Waals surface area contributed by atoms with E-state index in [-0.39, 0.29) is 18.0 Å². The van der Waals surface area contributed by atoms with Crippen LogP contribution in [-0.4, -0.2) is 14.7 Å². The molecule has 0 fully saturated rings. The van der Waals surface area contributed by atoms with E-state index >= 15 is 0 Å². The summed E-state index contributed by atoms with van der Waals surface area (Å²) in [6.45, 7) is 0.232. The molecule has 0 bridgehead atoms. The van der Waals surface area contributed by atoms with Crippen LogP contribution in [0.5, 0.6) is 0 Å². The molecule has 0 unspecified atom stereocenters. The number of nitro benzene ring substituents is 1. The van der Waals surface area contributed by atoms with Gasteiger partial charge in [-0.2, -0.15) is 5.10 Å². The summed E-state index contributed by atoms with van der Waals surface area (Å²) in [5.74, 6) is -0.350. The number of nitrogens with zero attached hydrogens (tertiary/aromatic N) is 3. The van der Waals surface area contributed by atoms with Gasteiger partial charge in [0, 0.05) is 24.2 Å². The maximum atomic E-state index is 13.1. The van der Waals surface area contributed by atoms with Gasteiger partial charge in [-0.05, 0) is 30.3 Å². The van der Waals surface area contributed by atoms with Crippen LogP contribution in [0.15, 0.2) is 54.6 Å². The Bertz CT molecular complexity index is 859. The first-order chi connectivity index (χ1) is 11.1. The van der Waals surface area contributed by atoms with Crippen LogP contribution in [-0.2, 0) is 6.54 Å². The first kappa shape index (κ1) is 14.9. The van der Waals surface area contributed by atoms with Crippen LogP contribution < -0.4 is 5.73 Å². The number of nitro groups is 1. The highest BCUT2D eigenvalue weighted by atomic mass is 19.1. The summed E-state index contributed by atoms with van der Waals surface area (Å²) in [6.07, 6.45) is 0. The molecule has 1 heterocycles. The molecule has 23 heavy (non-hydrogen) atoms. The topological polar surface area (TPSA) is 87.0 Å². The molecular weight excluding hydrogens is 299 g/mol. The molecule has 0 atom stereocenters. The zero-order chi connectivity index (χ0) is 16.4. The Labute approximate surface area is 131 Å². The van der Waals surface area contributed by atoms with Crippen LogP contribution in [0.2, 0.25) is 0 Å². The first-order valence-electron chi connectivity index (χ1n) is 6.88. The van der Waals surface area contributed by atoms with Crippen molar-refractivity contribution in [3.05, 3.63) is 76.2 Å². The molecule has 0 aliphatic heterocycles. The highest BCUT2D eigenvalue weighted by Crippen LogP contribution is 2.27. The molecule has 0 radical (unpaired) electrons. The van der Waals surface area contributed by atoms with Crippen molar-refractivity contribution in [1.82, 2.24) is 9.78 Å². The lowest BCUT2D eigenvalue weighted by Gasteiger charge is -2.07. The second-order valence-electron chi connectivity index (χ2n) is 4.92. The molecular formula is C16H13FN4O2. The second-order valence-corrected chi connectivity index (χ2v) is 4.92. The minimum Gasteiger partial charge on any atom is -0.325 e. The van der Waals surface area contributed by atoms with Crippen LogP contribution >= 0.6 is 0 Å². The van der Waals surface area contributed by atoms with E-state index in [1.165, 1.54) is 24.3 Å². The number of rotatable bonds is 4. The Hall–Kier alpha value is -3.06. The van der Waals surface area contributed by atoms with Crippen molar-refractivity contribution in [3.63, 3.8) is 0 Å². The zero-order valence-corrected chi connectivity index (χ0v) is 12.0. The fourth-order valence-corrected chi connectivity index (χ4v) is 2.29. The van der Waals surface area contributed by atoms with Gasteiger partial charge in [-0.3, -0.25) is 10.1 Å². The van der Waals surface area contributed by atoms with Gasteiger partial charge >= 0.3 is 0 Å². The molecule has 0 saturated carbocycles. The molecule has 3 aromatic rings. The number of nitrogens with two attached hydrogens (primary N) is 1. The number of aromatic nitrogens is 2. The molecule has 7 heteroatoms. The lowest BCUT2D eigenvalue weighted by Crippen LogP contribution is -2.02. The van der Waals surface area contributed by atoms with Crippen molar-refractivity contribution in [3.8, 4) is 16.9 Å². The van der Waals surface area contributed by atoms with Crippen LogP contribution in [0, 0.1) is 15.9 Å². The average Bonchev–Trinajstić information content (AvgIpc) is 3.00. The second kappa shape index (κ2) is 5.98. The normalized spacial score (nSPS) is 10.7. The molecule has 2 aromatic carbocycles. The fourth-order valence-electron chi connectivity index (χ4n) is 2.29. The van der Waals surface area contributed by atoms with E-state index in [1.54, 1.807) is 35.0 Å². The average molecular weight is 312 g/mol. The third kappa shape index (κ3) is 2.95. The molecule has 0 aliphatic carbocycles. The van der Waals surface area contributed by atoms with Crippen molar-refractivity contribution >= 4 is 5.69 Å². The molecule has 2 N–H and O–H groups in total. The number of hydrogen-bond donors (Lipinski definition) is 1. The Balaban J connectivity index is 2.15.